The molecule has 0 bridgehead atoms. The Labute approximate surface area is 253 Å². The number of aromatic nitrogens is 3. The molecule has 7 heteroatoms. The largest absolute Gasteiger partial charge is 0.379 e. The van der Waals surface area contributed by atoms with Crippen LogP contribution in [0.2, 0.25) is 0 Å². The zero-order valence-corrected chi connectivity index (χ0v) is 25.3. The first-order valence-corrected chi connectivity index (χ1v) is 15.2. The van der Waals surface area contributed by atoms with Gasteiger partial charge in [-0.3, -0.25) is 9.69 Å². The number of rotatable bonds is 9. The maximum atomic E-state index is 12.8. The van der Waals surface area contributed by atoms with Gasteiger partial charge in [0.15, 0.2) is 5.65 Å². The van der Waals surface area contributed by atoms with Crippen LogP contribution in [0.3, 0.4) is 0 Å². The SMILES string of the molecule is CCc1nc2c(C)cc(C)nc2n1Cc1ccc(-c2cc(CN3CCOCC3)ccc2CNC(=O)c2ccccc2)cc1. The molecule has 43 heavy (non-hydrogen) atoms. The molecule has 1 saturated heterocycles. The van der Waals surface area contributed by atoms with Crippen molar-refractivity contribution in [2.45, 2.75) is 46.8 Å². The standard InChI is InChI=1S/C36H39N5O2/c1-4-33-39-34-25(2)20-26(3)38-35(34)41(33)24-27-10-13-29(14-11-27)32-21-28(23-40-16-18-43-19-17-40)12-15-31(32)22-37-36(42)30-8-6-5-7-9-30/h5-15,20-21H,4,16-19,22-24H2,1-3H3,(H,37,42). The van der Waals surface area contributed by atoms with E-state index in [1.165, 1.54) is 11.1 Å². The van der Waals surface area contributed by atoms with E-state index in [1.807, 2.05) is 37.3 Å². The normalized spacial score (nSPS) is 13.8. The van der Waals surface area contributed by atoms with Gasteiger partial charge in [0.2, 0.25) is 0 Å². The van der Waals surface area contributed by atoms with Crippen molar-refractivity contribution in [1.82, 2.24) is 24.8 Å². The van der Waals surface area contributed by atoms with Crippen molar-refractivity contribution in [3.05, 3.63) is 118 Å². The first-order chi connectivity index (χ1) is 21.0. The van der Waals surface area contributed by atoms with E-state index in [-0.39, 0.29) is 5.91 Å². The van der Waals surface area contributed by atoms with E-state index < -0.39 is 0 Å². The zero-order valence-electron chi connectivity index (χ0n) is 25.3. The van der Waals surface area contributed by atoms with Gasteiger partial charge in [-0.05, 0) is 71.5 Å². The van der Waals surface area contributed by atoms with E-state index in [0.717, 1.165) is 84.2 Å². The summed E-state index contributed by atoms with van der Waals surface area (Å²) in [5, 5.41) is 3.12. The summed E-state index contributed by atoms with van der Waals surface area (Å²) in [4.78, 5) is 25.0. The van der Waals surface area contributed by atoms with Gasteiger partial charge in [-0.25, -0.2) is 9.97 Å². The van der Waals surface area contributed by atoms with Gasteiger partial charge in [-0.1, -0.05) is 61.5 Å². The van der Waals surface area contributed by atoms with Crippen molar-refractivity contribution in [2.24, 2.45) is 0 Å². The minimum absolute atomic E-state index is 0.0716. The van der Waals surface area contributed by atoms with Crippen LogP contribution in [0.15, 0.2) is 78.9 Å². The number of ether oxygens (including phenoxy) is 1. The molecule has 0 unspecified atom stereocenters. The maximum Gasteiger partial charge on any atom is 0.251 e. The van der Waals surface area contributed by atoms with E-state index in [4.69, 9.17) is 14.7 Å². The number of morpholine rings is 1. The molecule has 0 aliphatic carbocycles. The van der Waals surface area contributed by atoms with Crippen LogP contribution in [-0.2, 0) is 30.8 Å². The Kier molecular flexibility index (Phi) is 8.63. The number of nitrogens with one attached hydrogen (secondary N) is 1. The number of carbonyl (C=O) groups is 1. The summed E-state index contributed by atoms with van der Waals surface area (Å²) >= 11 is 0. The first-order valence-electron chi connectivity index (χ1n) is 15.2. The van der Waals surface area contributed by atoms with Crippen molar-refractivity contribution in [1.29, 1.82) is 0 Å². The molecule has 3 heterocycles. The summed E-state index contributed by atoms with van der Waals surface area (Å²) < 4.78 is 7.80. The number of imidazole rings is 1. The highest BCUT2D eigenvalue weighted by molar-refractivity contribution is 5.94. The lowest BCUT2D eigenvalue weighted by Gasteiger charge is -2.27. The Morgan fingerprint density at radius 1 is 0.884 bits per heavy atom. The summed E-state index contributed by atoms with van der Waals surface area (Å²) in [5.74, 6) is 0.977. The second kappa shape index (κ2) is 12.9. The number of hydrogen-bond acceptors (Lipinski definition) is 5. The molecule has 0 atom stereocenters. The average Bonchev–Trinajstić information content (AvgIpc) is 3.39. The molecule has 1 fully saturated rings. The van der Waals surface area contributed by atoms with E-state index >= 15 is 0 Å². The highest BCUT2D eigenvalue weighted by atomic mass is 16.5. The Morgan fingerprint density at radius 3 is 2.37 bits per heavy atom. The monoisotopic (exact) mass is 573 g/mol. The number of fused-ring (bicyclic) bond motifs is 1. The number of amides is 1. The van der Waals surface area contributed by atoms with Crippen LogP contribution < -0.4 is 5.32 Å². The van der Waals surface area contributed by atoms with Crippen LogP contribution in [0, 0.1) is 13.8 Å². The third kappa shape index (κ3) is 6.53. The summed E-state index contributed by atoms with van der Waals surface area (Å²) in [5.41, 5.74) is 10.6. The molecule has 0 saturated carbocycles. The van der Waals surface area contributed by atoms with Crippen LogP contribution in [0.5, 0.6) is 0 Å². The number of benzene rings is 3. The third-order valence-corrected chi connectivity index (χ3v) is 8.18. The summed E-state index contributed by atoms with van der Waals surface area (Å²) in [7, 11) is 0. The van der Waals surface area contributed by atoms with Gasteiger partial charge in [-0.15, -0.1) is 0 Å². The molecule has 6 rings (SSSR count). The topological polar surface area (TPSA) is 72.3 Å². The molecular formula is C36H39N5O2. The summed E-state index contributed by atoms with van der Waals surface area (Å²) in [6.07, 6.45) is 0.848. The molecule has 2 aromatic heterocycles. The molecule has 220 valence electrons. The smallest absolute Gasteiger partial charge is 0.251 e. The fraction of sp³-hybridized carbons (Fsp3) is 0.306. The molecule has 1 aliphatic rings. The second-order valence-corrected chi connectivity index (χ2v) is 11.3. The van der Waals surface area contributed by atoms with E-state index in [0.29, 0.717) is 18.7 Å². The minimum Gasteiger partial charge on any atom is -0.379 e. The number of pyridine rings is 1. The molecule has 1 N–H and O–H groups in total. The fourth-order valence-corrected chi connectivity index (χ4v) is 5.89. The number of aryl methyl sites for hydroxylation is 3. The van der Waals surface area contributed by atoms with Crippen molar-refractivity contribution in [2.75, 3.05) is 26.3 Å². The van der Waals surface area contributed by atoms with Gasteiger partial charge in [0.05, 0.1) is 19.8 Å². The molecule has 1 aliphatic heterocycles. The zero-order chi connectivity index (χ0) is 29.8. The summed E-state index contributed by atoms with van der Waals surface area (Å²) in [6.45, 7) is 11.8. The molecule has 0 spiro atoms. The fourth-order valence-electron chi connectivity index (χ4n) is 5.89. The van der Waals surface area contributed by atoms with Crippen molar-refractivity contribution < 1.29 is 9.53 Å². The first kappa shape index (κ1) is 28.8. The Hall–Kier alpha value is -4.33. The van der Waals surface area contributed by atoms with Crippen LogP contribution in [0.4, 0.5) is 0 Å². The van der Waals surface area contributed by atoms with Crippen LogP contribution in [-0.4, -0.2) is 51.6 Å². The van der Waals surface area contributed by atoms with E-state index in [9.17, 15) is 4.79 Å². The molecule has 1 amide bonds. The highest BCUT2D eigenvalue weighted by Gasteiger charge is 2.16. The van der Waals surface area contributed by atoms with E-state index in [1.54, 1.807) is 0 Å². The Bertz CT molecular complexity index is 1720. The maximum absolute atomic E-state index is 12.8. The van der Waals surface area contributed by atoms with Crippen molar-refractivity contribution >= 4 is 17.1 Å². The number of carbonyl (C=O) groups excluding carboxylic acids is 1. The van der Waals surface area contributed by atoms with Gasteiger partial charge in [-0.2, -0.15) is 0 Å². The van der Waals surface area contributed by atoms with E-state index in [2.05, 4.69) is 77.2 Å². The van der Waals surface area contributed by atoms with Gasteiger partial charge < -0.3 is 14.6 Å². The number of nitrogens with zero attached hydrogens (tertiary/aromatic N) is 4. The van der Waals surface area contributed by atoms with Crippen LogP contribution >= 0.6 is 0 Å². The van der Waals surface area contributed by atoms with Gasteiger partial charge in [0.25, 0.3) is 5.91 Å². The summed E-state index contributed by atoms with van der Waals surface area (Å²) in [6, 6.07) is 26.9. The van der Waals surface area contributed by atoms with Gasteiger partial charge in [0, 0.05) is 43.9 Å². The molecule has 0 radical (unpaired) electrons. The van der Waals surface area contributed by atoms with Crippen LogP contribution in [0.25, 0.3) is 22.3 Å². The molecular weight excluding hydrogens is 534 g/mol. The third-order valence-electron chi connectivity index (χ3n) is 8.18. The van der Waals surface area contributed by atoms with Gasteiger partial charge >= 0.3 is 0 Å². The predicted molar refractivity (Wildman–Crippen MR) is 171 cm³/mol. The highest BCUT2D eigenvalue weighted by Crippen LogP contribution is 2.28. The number of hydrogen-bond donors (Lipinski definition) is 1. The molecule has 3 aromatic carbocycles. The molecule has 7 nitrogen and oxygen atoms in total. The van der Waals surface area contributed by atoms with Crippen LogP contribution in [0.1, 0.15) is 51.1 Å². The average molecular weight is 574 g/mol. The predicted octanol–water partition coefficient (Wildman–Crippen LogP) is 6.09. The lowest BCUT2D eigenvalue weighted by atomic mass is 9.96. The Morgan fingerprint density at radius 2 is 1.63 bits per heavy atom. The lowest BCUT2D eigenvalue weighted by molar-refractivity contribution is 0.0342. The molecule has 5 aromatic rings. The van der Waals surface area contributed by atoms with Gasteiger partial charge in [0.1, 0.15) is 11.3 Å². The minimum atomic E-state index is -0.0716. The lowest BCUT2D eigenvalue weighted by Crippen LogP contribution is -2.35. The van der Waals surface area contributed by atoms with Crippen molar-refractivity contribution in [3.63, 3.8) is 0 Å². The van der Waals surface area contributed by atoms with Crippen molar-refractivity contribution in [3.8, 4) is 11.1 Å². The quantitative estimate of drug-likeness (QED) is 0.231. The second-order valence-electron chi connectivity index (χ2n) is 11.3. The Balaban J connectivity index is 1.28.